The predicted molar refractivity (Wildman–Crippen MR) is 171 cm³/mol. The van der Waals surface area contributed by atoms with E-state index in [0.717, 1.165) is 36.6 Å². The van der Waals surface area contributed by atoms with Crippen LogP contribution in [0, 0.1) is 30.0 Å². The summed E-state index contributed by atoms with van der Waals surface area (Å²) in [5.74, 6) is -0.769. The molecule has 0 heterocycles. The first-order valence-corrected chi connectivity index (χ1v) is 16.0. The first-order valence-electron chi connectivity index (χ1n) is 14.5. The van der Waals surface area contributed by atoms with Gasteiger partial charge in [0.2, 0.25) is 5.91 Å². The van der Waals surface area contributed by atoms with Crippen molar-refractivity contribution in [3.8, 4) is 6.07 Å². The minimum absolute atomic E-state index is 0.0597. The first-order chi connectivity index (χ1) is 20.7. The molecule has 1 amide bonds. The van der Waals surface area contributed by atoms with Crippen LogP contribution in [0.25, 0.3) is 0 Å². The van der Waals surface area contributed by atoms with Crippen LogP contribution in [0.5, 0.6) is 0 Å². The highest BCUT2D eigenvalue weighted by atomic mass is 32.2. The van der Waals surface area contributed by atoms with Crippen LogP contribution in [-0.4, -0.2) is 44.8 Å². The van der Waals surface area contributed by atoms with Crippen LogP contribution >= 0.6 is 0 Å². The van der Waals surface area contributed by atoms with Crippen molar-refractivity contribution >= 4 is 22.4 Å². The van der Waals surface area contributed by atoms with Gasteiger partial charge >= 0.3 is 6.18 Å². The summed E-state index contributed by atoms with van der Waals surface area (Å²) in [4.78, 5) is 19.0. The van der Waals surface area contributed by atoms with Gasteiger partial charge in [0.1, 0.15) is 5.82 Å². The van der Waals surface area contributed by atoms with Crippen molar-refractivity contribution in [2.75, 3.05) is 18.1 Å². The average molecular weight is 634 g/mol. The zero-order valence-corrected chi connectivity index (χ0v) is 27.0. The number of rotatable bonds is 11. The number of hydrogen-bond donors (Lipinski definition) is 0. The molecule has 3 rings (SSSR count). The van der Waals surface area contributed by atoms with E-state index in [-0.39, 0.29) is 24.3 Å². The minimum atomic E-state index is -4.85. The third-order valence-electron chi connectivity index (χ3n) is 6.80. The quantitative estimate of drug-likeness (QED) is 0.142. The Morgan fingerprint density at radius 1 is 1.20 bits per heavy atom. The second-order valence-corrected chi connectivity index (χ2v) is 12.2. The van der Waals surface area contributed by atoms with Crippen molar-refractivity contribution < 1.29 is 26.6 Å². The van der Waals surface area contributed by atoms with Gasteiger partial charge < -0.3 is 4.90 Å². The molecule has 5 nitrogen and oxygen atoms in total. The van der Waals surface area contributed by atoms with Crippen molar-refractivity contribution in [2.45, 2.75) is 72.5 Å². The lowest BCUT2D eigenvalue weighted by Crippen LogP contribution is -2.45. The molecular weight excluding hydrogens is 590 g/mol. The molecule has 0 aliphatic heterocycles. The van der Waals surface area contributed by atoms with Crippen LogP contribution in [0.4, 0.5) is 17.6 Å². The molecule has 1 saturated carbocycles. The normalized spacial score (nSPS) is 14.0. The smallest absolute Gasteiger partial charge is 0.334 e. The third kappa shape index (κ3) is 13.8. The van der Waals surface area contributed by atoms with Crippen molar-refractivity contribution in [3.05, 3.63) is 95.5 Å². The molecule has 0 radical (unpaired) electrons. The van der Waals surface area contributed by atoms with E-state index >= 15 is 0 Å². The van der Waals surface area contributed by atoms with Crippen molar-refractivity contribution in [1.29, 1.82) is 5.26 Å². The van der Waals surface area contributed by atoms with Gasteiger partial charge in [-0.15, -0.1) is 6.58 Å². The fourth-order valence-corrected chi connectivity index (χ4v) is 4.43. The summed E-state index contributed by atoms with van der Waals surface area (Å²) in [6.45, 7) is 17.0. The summed E-state index contributed by atoms with van der Waals surface area (Å²) in [5, 5.41) is 8.38. The number of halogens is 4. The molecule has 1 aliphatic carbocycles. The molecule has 0 spiro atoms. The van der Waals surface area contributed by atoms with Gasteiger partial charge in [-0.3, -0.25) is 14.0 Å². The lowest BCUT2D eigenvalue weighted by molar-refractivity contribution is -0.140. The Labute approximate surface area is 261 Å². The van der Waals surface area contributed by atoms with Crippen molar-refractivity contribution in [1.82, 2.24) is 4.90 Å². The highest BCUT2D eigenvalue weighted by Gasteiger charge is 2.34. The third-order valence-corrected chi connectivity index (χ3v) is 8.09. The van der Waals surface area contributed by atoms with Crippen molar-refractivity contribution in [2.24, 2.45) is 10.9 Å². The molecule has 1 aliphatic rings. The molecule has 0 aromatic heterocycles. The number of nitriles is 1. The second kappa shape index (κ2) is 18.9. The zero-order chi connectivity index (χ0) is 33.4. The molecule has 0 bridgehead atoms. The summed E-state index contributed by atoms with van der Waals surface area (Å²) in [5.41, 5.74) is 1.98. The van der Waals surface area contributed by atoms with Crippen LogP contribution in [-0.2, 0) is 28.2 Å². The van der Waals surface area contributed by atoms with Gasteiger partial charge in [0.25, 0.3) is 0 Å². The molecule has 44 heavy (non-hydrogen) atoms. The van der Waals surface area contributed by atoms with Gasteiger partial charge in [-0.1, -0.05) is 50.3 Å². The van der Waals surface area contributed by atoms with Crippen LogP contribution in [0.1, 0.15) is 69.2 Å². The summed E-state index contributed by atoms with van der Waals surface area (Å²) >= 11 is 0. The summed E-state index contributed by atoms with van der Waals surface area (Å²) < 4.78 is 64.5. The molecule has 2 aromatic carbocycles. The number of amides is 1. The Kier molecular flexibility index (Phi) is 16.6. The number of carbonyl (C=O) groups is 1. The topological polar surface area (TPSA) is 73.5 Å². The Balaban J connectivity index is 0.000000615. The van der Waals surface area contributed by atoms with E-state index in [1.54, 1.807) is 20.8 Å². The largest absolute Gasteiger partial charge is 0.419 e. The van der Waals surface area contributed by atoms with Gasteiger partial charge in [-0.05, 0) is 69.9 Å². The number of hydrogen-bond acceptors (Lipinski definition) is 4. The van der Waals surface area contributed by atoms with Gasteiger partial charge in [-0.25, -0.2) is 4.39 Å². The molecule has 1 fully saturated rings. The molecule has 0 saturated heterocycles. The van der Waals surface area contributed by atoms with E-state index in [9.17, 15) is 26.6 Å². The Hall–Kier alpha value is -3.58. The molecule has 240 valence electrons. The van der Waals surface area contributed by atoms with E-state index in [1.807, 2.05) is 37.3 Å². The van der Waals surface area contributed by atoms with E-state index < -0.39 is 40.3 Å². The number of nitrogens with zero attached hydrogens (tertiary/aromatic N) is 3. The molecule has 10 heteroatoms. The Morgan fingerprint density at radius 3 is 2.27 bits per heavy atom. The van der Waals surface area contributed by atoms with E-state index in [2.05, 4.69) is 31.1 Å². The van der Waals surface area contributed by atoms with Gasteiger partial charge in [0, 0.05) is 46.2 Å². The lowest BCUT2D eigenvalue weighted by Gasteiger charge is -2.29. The number of carbonyl (C=O) groups excluding carboxylic acids is 1. The fraction of sp³-hybridized carbons (Fsp3) is 0.441. The molecule has 0 N–H and O–H groups in total. The monoisotopic (exact) mass is 633 g/mol. The number of alkyl halides is 3. The Bertz CT molecular complexity index is 1340. The maximum Gasteiger partial charge on any atom is 0.419 e. The number of benzene rings is 2. The van der Waals surface area contributed by atoms with Gasteiger partial charge in [-0.2, -0.15) is 18.4 Å². The van der Waals surface area contributed by atoms with Gasteiger partial charge in [0.05, 0.1) is 29.7 Å². The first kappa shape index (κ1) is 38.4. The van der Waals surface area contributed by atoms with E-state index in [0.29, 0.717) is 23.4 Å². The van der Waals surface area contributed by atoms with Crippen LogP contribution in [0.2, 0.25) is 0 Å². The van der Waals surface area contributed by atoms with Gasteiger partial charge in [0.15, 0.2) is 0 Å². The summed E-state index contributed by atoms with van der Waals surface area (Å²) in [6.07, 6.45) is -0.147. The minimum Gasteiger partial charge on any atom is -0.334 e. The molecule has 2 aromatic rings. The highest BCUT2D eigenvalue weighted by Crippen LogP contribution is 2.36. The number of aliphatic imine (C=N–C) groups is 1. The van der Waals surface area contributed by atoms with Crippen LogP contribution in [0.15, 0.2) is 72.4 Å². The van der Waals surface area contributed by atoms with Crippen LogP contribution in [0.3, 0.4) is 0 Å². The van der Waals surface area contributed by atoms with E-state index in [4.69, 9.17) is 5.26 Å². The standard InChI is InChI=1S/C22H28F4N2O2S.C8H7N.C4H8/c1-5-31(30)11-10-28(16(4)14(2)27-15(3)18-7-8-18)21(29)13-17-6-9-20(23)19(12-17)22(24,25)26;1-7-2-4-8(6-9)5-3-7;1-3-4-2/h6,9,12,16,18H,3,5,7-8,10-11,13H2,1-2,4H3;2-5H,1H3;3H,1,4H2,2H3. The number of aryl methyl sites for hydroxylation is 1. The molecular formula is C34H43F4N3O2S. The summed E-state index contributed by atoms with van der Waals surface area (Å²) in [7, 11) is -1.12. The van der Waals surface area contributed by atoms with Crippen molar-refractivity contribution in [3.63, 3.8) is 0 Å². The predicted octanol–water partition coefficient (Wildman–Crippen LogP) is 8.21. The average Bonchev–Trinajstić information content (AvgIpc) is 3.84. The maximum absolute atomic E-state index is 13.6. The Morgan fingerprint density at radius 2 is 1.80 bits per heavy atom. The molecule has 2 unspecified atom stereocenters. The maximum atomic E-state index is 13.6. The summed E-state index contributed by atoms with van der Waals surface area (Å²) in [6, 6.07) is 11.7. The second-order valence-electron chi connectivity index (χ2n) is 10.4. The number of allylic oxidation sites excluding steroid dienone is 2. The molecule has 2 atom stereocenters. The van der Waals surface area contributed by atoms with E-state index in [1.165, 1.54) is 16.5 Å². The SMILES string of the molecule is C=C(N=C(C)C(C)N(CCS(=O)CC)C(=O)Cc1ccc(F)c(C(F)(F)F)c1)C1CC1.C=CCC.Cc1ccc(C#N)cc1. The lowest BCUT2D eigenvalue weighted by atomic mass is 10.1. The van der Waals surface area contributed by atoms with Crippen LogP contribution < -0.4 is 0 Å². The fourth-order valence-electron chi connectivity index (χ4n) is 3.74. The highest BCUT2D eigenvalue weighted by molar-refractivity contribution is 7.84. The zero-order valence-electron chi connectivity index (χ0n) is 26.2.